The van der Waals surface area contributed by atoms with E-state index in [1.807, 2.05) is 52.0 Å². The summed E-state index contributed by atoms with van der Waals surface area (Å²) in [7, 11) is 0. The molecule has 0 aliphatic heterocycles. The van der Waals surface area contributed by atoms with Crippen molar-refractivity contribution in [2.24, 2.45) is 0 Å². The van der Waals surface area contributed by atoms with E-state index in [-0.39, 0.29) is 11.8 Å². The number of aryl methyl sites for hydroxylation is 4. The van der Waals surface area contributed by atoms with Crippen molar-refractivity contribution in [1.82, 2.24) is 20.4 Å². The Bertz CT molecular complexity index is 1310. The van der Waals surface area contributed by atoms with Gasteiger partial charge in [-0.1, -0.05) is 70.5 Å². The van der Waals surface area contributed by atoms with Crippen LogP contribution in [-0.2, 0) is 16.0 Å². The Morgan fingerprint density at radius 1 is 0.703 bits per heavy atom. The van der Waals surface area contributed by atoms with Gasteiger partial charge in [0, 0.05) is 11.4 Å². The van der Waals surface area contributed by atoms with Crippen molar-refractivity contribution in [3.63, 3.8) is 0 Å². The number of anilines is 2. The van der Waals surface area contributed by atoms with Crippen molar-refractivity contribution in [2.45, 2.75) is 42.8 Å². The smallest absolute Gasteiger partial charge is 0.234 e. The van der Waals surface area contributed by atoms with E-state index in [4.69, 9.17) is 0 Å². The summed E-state index contributed by atoms with van der Waals surface area (Å²) < 4.78 is 1.59. The summed E-state index contributed by atoms with van der Waals surface area (Å²) in [5, 5.41) is 23.8. The SMILES string of the molecule is Cc1nnc(SCC(=O)Nc2ccc(Cc3ccc(NC(=O)CSc4nnc(C)s4)c(C)c3)cc2C)s1. The summed E-state index contributed by atoms with van der Waals surface area (Å²) in [6, 6.07) is 12.1. The van der Waals surface area contributed by atoms with Crippen molar-refractivity contribution in [3.05, 3.63) is 68.7 Å². The molecule has 4 rings (SSSR count). The van der Waals surface area contributed by atoms with E-state index < -0.39 is 0 Å². The fourth-order valence-corrected chi connectivity index (χ4v) is 6.72. The van der Waals surface area contributed by atoms with Gasteiger partial charge in [0.05, 0.1) is 11.5 Å². The van der Waals surface area contributed by atoms with Gasteiger partial charge >= 0.3 is 0 Å². The minimum Gasteiger partial charge on any atom is -0.325 e. The first-order valence-electron chi connectivity index (χ1n) is 11.4. The molecule has 0 aliphatic rings. The Morgan fingerprint density at radius 3 is 1.49 bits per heavy atom. The fraction of sp³-hybridized carbons (Fsp3) is 0.280. The summed E-state index contributed by atoms with van der Waals surface area (Å²) in [5.41, 5.74) is 5.91. The van der Waals surface area contributed by atoms with Crippen LogP contribution in [0.25, 0.3) is 0 Å². The Morgan fingerprint density at radius 2 is 1.14 bits per heavy atom. The molecular formula is C25H26N6O2S4. The Hall–Kier alpha value is -2.80. The summed E-state index contributed by atoms with van der Waals surface area (Å²) in [4.78, 5) is 24.7. The maximum atomic E-state index is 12.4. The van der Waals surface area contributed by atoms with E-state index >= 15 is 0 Å². The molecule has 2 heterocycles. The molecule has 8 nitrogen and oxygen atoms in total. The molecule has 0 aliphatic carbocycles. The van der Waals surface area contributed by atoms with Gasteiger partial charge in [-0.15, -0.1) is 20.4 Å². The number of amides is 2. The summed E-state index contributed by atoms with van der Waals surface area (Å²) in [6.45, 7) is 7.77. The Balaban J connectivity index is 1.29. The van der Waals surface area contributed by atoms with Gasteiger partial charge in [-0.05, 0) is 68.5 Å². The molecule has 192 valence electrons. The second-order valence-corrected chi connectivity index (χ2v) is 13.1. The van der Waals surface area contributed by atoms with Crippen LogP contribution in [0, 0.1) is 27.7 Å². The van der Waals surface area contributed by atoms with E-state index in [9.17, 15) is 9.59 Å². The first kappa shape index (κ1) is 27.2. The molecule has 2 amide bonds. The number of hydrogen-bond acceptors (Lipinski definition) is 10. The van der Waals surface area contributed by atoms with Gasteiger partial charge in [0.2, 0.25) is 11.8 Å². The van der Waals surface area contributed by atoms with Crippen LogP contribution in [0.3, 0.4) is 0 Å². The van der Waals surface area contributed by atoms with Gasteiger partial charge in [0.1, 0.15) is 10.0 Å². The van der Waals surface area contributed by atoms with Crippen LogP contribution in [-0.4, -0.2) is 43.7 Å². The maximum Gasteiger partial charge on any atom is 0.234 e. The standard InChI is InChI=1S/C25H26N6O2S4/c1-14-9-18(5-7-20(14)26-22(32)12-34-24-30-28-16(3)36-24)11-19-6-8-21(15(2)10-19)27-23(33)13-35-25-31-29-17(4)37-25/h5-10H,11-13H2,1-4H3,(H,26,32)(H,27,33). The van der Waals surface area contributed by atoms with Gasteiger partial charge in [0.15, 0.2) is 8.68 Å². The molecule has 2 aromatic carbocycles. The number of hydrogen-bond donors (Lipinski definition) is 2. The molecule has 0 atom stereocenters. The van der Waals surface area contributed by atoms with Gasteiger partial charge in [-0.2, -0.15) is 0 Å². The molecule has 2 aromatic heterocycles. The molecule has 37 heavy (non-hydrogen) atoms. The van der Waals surface area contributed by atoms with Crippen molar-refractivity contribution >= 4 is 69.4 Å². The molecule has 0 saturated heterocycles. The highest BCUT2D eigenvalue weighted by Crippen LogP contribution is 2.25. The van der Waals surface area contributed by atoms with Crippen LogP contribution in [0.1, 0.15) is 32.3 Å². The van der Waals surface area contributed by atoms with Crippen molar-refractivity contribution in [2.75, 3.05) is 22.1 Å². The number of nitrogens with zero attached hydrogens (tertiary/aromatic N) is 4. The molecule has 0 radical (unpaired) electrons. The monoisotopic (exact) mass is 570 g/mol. The predicted molar refractivity (Wildman–Crippen MR) is 153 cm³/mol. The van der Waals surface area contributed by atoms with Crippen molar-refractivity contribution < 1.29 is 9.59 Å². The van der Waals surface area contributed by atoms with Crippen LogP contribution >= 0.6 is 46.2 Å². The molecule has 0 fully saturated rings. The van der Waals surface area contributed by atoms with E-state index in [2.05, 4.69) is 43.2 Å². The number of carbonyl (C=O) groups is 2. The summed E-state index contributed by atoms with van der Waals surface area (Å²) >= 11 is 5.74. The highest BCUT2D eigenvalue weighted by atomic mass is 32.2. The van der Waals surface area contributed by atoms with Crippen molar-refractivity contribution in [1.29, 1.82) is 0 Å². The topological polar surface area (TPSA) is 110 Å². The van der Waals surface area contributed by atoms with E-state index in [1.54, 1.807) is 0 Å². The van der Waals surface area contributed by atoms with Gasteiger partial charge in [-0.3, -0.25) is 9.59 Å². The first-order valence-corrected chi connectivity index (χ1v) is 15.0. The summed E-state index contributed by atoms with van der Waals surface area (Å²) in [6.07, 6.45) is 0.753. The van der Waals surface area contributed by atoms with E-state index in [0.29, 0.717) is 11.5 Å². The lowest BCUT2D eigenvalue weighted by Gasteiger charge is -2.12. The highest BCUT2D eigenvalue weighted by Gasteiger charge is 2.11. The van der Waals surface area contributed by atoms with Gasteiger partial charge in [0.25, 0.3) is 0 Å². The van der Waals surface area contributed by atoms with Crippen LogP contribution in [0.4, 0.5) is 11.4 Å². The number of thioether (sulfide) groups is 2. The molecule has 2 N–H and O–H groups in total. The van der Waals surface area contributed by atoms with Crippen LogP contribution in [0.5, 0.6) is 0 Å². The molecular weight excluding hydrogens is 545 g/mol. The number of benzene rings is 2. The normalized spacial score (nSPS) is 10.9. The predicted octanol–water partition coefficient (Wildman–Crippen LogP) is 5.68. The maximum absolute atomic E-state index is 12.4. The van der Waals surface area contributed by atoms with Crippen LogP contribution < -0.4 is 10.6 Å². The quantitative estimate of drug-likeness (QED) is 0.235. The van der Waals surface area contributed by atoms with Gasteiger partial charge in [-0.25, -0.2) is 0 Å². The zero-order valence-electron chi connectivity index (χ0n) is 20.8. The number of carbonyl (C=O) groups excluding carboxylic acids is 2. The minimum absolute atomic E-state index is 0.0706. The first-order chi connectivity index (χ1) is 17.7. The Kier molecular flexibility index (Phi) is 9.30. The third-order valence-electron chi connectivity index (χ3n) is 5.21. The number of rotatable bonds is 10. The second-order valence-electron chi connectivity index (χ2n) is 8.32. The zero-order chi connectivity index (χ0) is 26.4. The van der Waals surface area contributed by atoms with E-state index in [0.717, 1.165) is 58.7 Å². The lowest BCUT2D eigenvalue weighted by atomic mass is 10.00. The van der Waals surface area contributed by atoms with Crippen molar-refractivity contribution in [3.8, 4) is 0 Å². The molecule has 12 heteroatoms. The largest absolute Gasteiger partial charge is 0.325 e. The highest BCUT2D eigenvalue weighted by molar-refractivity contribution is 8.01. The zero-order valence-corrected chi connectivity index (χ0v) is 24.1. The van der Waals surface area contributed by atoms with Crippen LogP contribution in [0.15, 0.2) is 45.1 Å². The average molecular weight is 571 g/mol. The lowest BCUT2D eigenvalue weighted by molar-refractivity contribution is -0.114. The number of nitrogens with one attached hydrogen (secondary N) is 2. The summed E-state index contributed by atoms with van der Waals surface area (Å²) in [5.74, 6) is 0.439. The molecule has 0 unspecified atom stereocenters. The fourth-order valence-electron chi connectivity index (χ4n) is 3.49. The molecule has 0 bridgehead atoms. The second kappa shape index (κ2) is 12.6. The van der Waals surface area contributed by atoms with Gasteiger partial charge < -0.3 is 10.6 Å². The number of aromatic nitrogens is 4. The third-order valence-corrected chi connectivity index (χ3v) is 9.15. The molecule has 0 saturated carbocycles. The lowest BCUT2D eigenvalue weighted by Crippen LogP contribution is -2.15. The van der Waals surface area contributed by atoms with Crippen LogP contribution in [0.2, 0.25) is 0 Å². The average Bonchev–Trinajstić information content (AvgIpc) is 3.47. The third kappa shape index (κ3) is 8.09. The Labute approximate surface area is 232 Å². The molecule has 0 spiro atoms. The van der Waals surface area contributed by atoms with E-state index in [1.165, 1.54) is 46.2 Å². The molecule has 4 aromatic rings. The minimum atomic E-state index is -0.0706.